The number of ether oxygens (including phenoxy) is 2. The molecule has 2 heterocycles. The molecule has 0 aliphatic carbocycles. The second kappa shape index (κ2) is 9.96. The number of amides is 1. The van der Waals surface area contributed by atoms with E-state index < -0.39 is 17.6 Å². The molecule has 4 rings (SSSR count). The van der Waals surface area contributed by atoms with E-state index in [2.05, 4.69) is 15.5 Å². The van der Waals surface area contributed by atoms with Crippen molar-refractivity contribution < 1.29 is 27.4 Å². The predicted octanol–water partition coefficient (Wildman–Crippen LogP) is 5.44. The van der Waals surface area contributed by atoms with Crippen molar-refractivity contribution in [2.45, 2.75) is 37.6 Å². The first kappa shape index (κ1) is 23.9. The minimum absolute atomic E-state index is 0.0301. The molecule has 0 saturated carbocycles. The Balaban J connectivity index is 1.51. The molecule has 3 aromatic rings. The fourth-order valence-electron chi connectivity index (χ4n) is 3.50. The smallest absolute Gasteiger partial charge is 0.418 e. The molecule has 1 N–H and O–H groups in total. The number of para-hydroxylation sites is 1. The molecular weight excluding hydrogens is 469 g/mol. The average Bonchev–Trinajstić information content (AvgIpc) is 3.08. The van der Waals surface area contributed by atoms with Gasteiger partial charge >= 0.3 is 6.18 Å². The van der Waals surface area contributed by atoms with Crippen molar-refractivity contribution in [3.63, 3.8) is 0 Å². The topological polar surface area (TPSA) is 78.3 Å². The molecule has 0 fully saturated rings. The monoisotopic (exact) mass is 492 g/mol. The summed E-state index contributed by atoms with van der Waals surface area (Å²) in [6.07, 6.45) is -3.77. The molecule has 1 aliphatic heterocycles. The summed E-state index contributed by atoms with van der Waals surface area (Å²) in [4.78, 5) is 12.4. The van der Waals surface area contributed by atoms with Gasteiger partial charge in [0.2, 0.25) is 5.91 Å². The lowest BCUT2D eigenvalue weighted by Crippen LogP contribution is -2.18. The fraction of sp³-hybridized carbons (Fsp3) is 0.348. The molecule has 0 unspecified atom stereocenters. The van der Waals surface area contributed by atoms with Gasteiger partial charge in [0, 0.05) is 18.0 Å². The normalized spacial score (nSPS) is 13.6. The van der Waals surface area contributed by atoms with Crippen LogP contribution >= 0.6 is 11.8 Å². The number of alkyl halides is 3. The lowest BCUT2D eigenvalue weighted by Gasteiger charge is -2.15. The highest BCUT2D eigenvalue weighted by atomic mass is 32.2. The van der Waals surface area contributed by atoms with Gasteiger partial charge < -0.3 is 14.8 Å². The molecular formula is C23H23F3N4O3S. The van der Waals surface area contributed by atoms with Crippen LogP contribution in [0, 0.1) is 0 Å². The fourth-order valence-corrected chi connectivity index (χ4v) is 4.36. The van der Waals surface area contributed by atoms with E-state index in [-0.39, 0.29) is 17.5 Å². The third kappa shape index (κ3) is 5.30. The number of carbonyl (C=O) groups is 1. The first-order valence-corrected chi connectivity index (χ1v) is 11.7. The van der Waals surface area contributed by atoms with Crippen LogP contribution in [0.5, 0.6) is 11.5 Å². The molecule has 2 aromatic carbocycles. The Hall–Kier alpha value is -3.21. The van der Waals surface area contributed by atoms with Crippen molar-refractivity contribution >= 4 is 23.4 Å². The molecule has 180 valence electrons. The molecule has 1 amide bonds. The number of anilines is 1. The van der Waals surface area contributed by atoms with Crippen LogP contribution in [0.15, 0.2) is 47.6 Å². The first-order chi connectivity index (χ1) is 16.2. The van der Waals surface area contributed by atoms with E-state index in [4.69, 9.17) is 9.47 Å². The van der Waals surface area contributed by atoms with Crippen LogP contribution in [0.3, 0.4) is 0 Å². The molecule has 0 bridgehead atoms. The van der Waals surface area contributed by atoms with Crippen LogP contribution in [0.25, 0.3) is 11.4 Å². The van der Waals surface area contributed by atoms with E-state index in [9.17, 15) is 18.0 Å². The van der Waals surface area contributed by atoms with Crippen LogP contribution in [-0.2, 0) is 11.0 Å². The number of rotatable bonds is 6. The van der Waals surface area contributed by atoms with Crippen molar-refractivity contribution in [2.24, 2.45) is 0 Å². The molecule has 1 aliphatic rings. The Kier molecular flexibility index (Phi) is 7.01. The first-order valence-electron chi connectivity index (χ1n) is 10.7. The molecule has 0 radical (unpaired) electrons. The zero-order valence-electron chi connectivity index (χ0n) is 18.6. The van der Waals surface area contributed by atoms with Gasteiger partial charge in [-0.25, -0.2) is 0 Å². The summed E-state index contributed by atoms with van der Waals surface area (Å²) < 4.78 is 52.9. The van der Waals surface area contributed by atoms with E-state index >= 15 is 0 Å². The van der Waals surface area contributed by atoms with Crippen LogP contribution in [0.1, 0.15) is 31.9 Å². The molecule has 1 aromatic heterocycles. The van der Waals surface area contributed by atoms with Crippen molar-refractivity contribution in [2.75, 3.05) is 24.3 Å². The van der Waals surface area contributed by atoms with Crippen molar-refractivity contribution in [3.8, 4) is 22.9 Å². The van der Waals surface area contributed by atoms with Gasteiger partial charge in [-0.2, -0.15) is 13.2 Å². The lowest BCUT2D eigenvalue weighted by atomic mass is 10.1. The van der Waals surface area contributed by atoms with Crippen molar-refractivity contribution in [1.29, 1.82) is 0 Å². The average molecular weight is 493 g/mol. The maximum atomic E-state index is 13.2. The lowest BCUT2D eigenvalue weighted by molar-refractivity contribution is -0.137. The number of halogens is 3. The minimum Gasteiger partial charge on any atom is -0.490 e. The van der Waals surface area contributed by atoms with Crippen molar-refractivity contribution in [3.05, 3.63) is 48.0 Å². The van der Waals surface area contributed by atoms with Crippen LogP contribution in [0.4, 0.5) is 18.9 Å². The molecule has 0 spiro atoms. The van der Waals surface area contributed by atoms with E-state index in [1.54, 1.807) is 0 Å². The van der Waals surface area contributed by atoms with E-state index in [1.165, 1.54) is 18.2 Å². The van der Waals surface area contributed by atoms with Crippen LogP contribution < -0.4 is 14.8 Å². The molecule has 0 saturated heterocycles. The zero-order valence-corrected chi connectivity index (χ0v) is 19.4. The van der Waals surface area contributed by atoms with Gasteiger partial charge in [0.05, 0.1) is 30.2 Å². The third-order valence-electron chi connectivity index (χ3n) is 5.03. The van der Waals surface area contributed by atoms with E-state index in [0.29, 0.717) is 35.7 Å². The maximum Gasteiger partial charge on any atom is 0.418 e. The highest BCUT2D eigenvalue weighted by molar-refractivity contribution is 7.99. The van der Waals surface area contributed by atoms with Gasteiger partial charge in [-0.3, -0.25) is 9.36 Å². The highest BCUT2D eigenvalue weighted by Gasteiger charge is 2.33. The van der Waals surface area contributed by atoms with Crippen molar-refractivity contribution in [1.82, 2.24) is 14.8 Å². The minimum atomic E-state index is -4.56. The summed E-state index contributed by atoms with van der Waals surface area (Å²) >= 11 is 1.10. The number of thioether (sulfide) groups is 1. The Morgan fingerprint density at radius 2 is 1.85 bits per heavy atom. The van der Waals surface area contributed by atoms with Crippen LogP contribution in [-0.4, -0.2) is 39.6 Å². The number of benzene rings is 2. The number of nitrogens with zero attached hydrogens (tertiary/aromatic N) is 3. The standard InChI is InChI=1S/C23H23F3N4O3S/c1-14(2)30-21(15-8-9-18-19(12-15)33-11-5-10-32-18)28-29-22(30)34-13-20(31)27-17-7-4-3-6-16(17)23(24,25)26/h3-4,6-9,12,14H,5,10-11,13H2,1-2H3,(H,27,31). The number of fused-ring (bicyclic) bond motifs is 1. The van der Waals surface area contributed by atoms with Gasteiger partial charge in [0.1, 0.15) is 0 Å². The predicted molar refractivity (Wildman–Crippen MR) is 122 cm³/mol. The van der Waals surface area contributed by atoms with Gasteiger partial charge in [0.25, 0.3) is 0 Å². The van der Waals surface area contributed by atoms with Gasteiger partial charge in [0.15, 0.2) is 22.5 Å². The van der Waals surface area contributed by atoms with Gasteiger partial charge in [-0.15, -0.1) is 10.2 Å². The maximum absolute atomic E-state index is 13.2. The second-order valence-electron chi connectivity index (χ2n) is 7.86. The Morgan fingerprint density at radius 3 is 2.59 bits per heavy atom. The van der Waals surface area contributed by atoms with Gasteiger partial charge in [-0.05, 0) is 44.2 Å². The molecule has 0 atom stereocenters. The largest absolute Gasteiger partial charge is 0.490 e. The zero-order chi connectivity index (χ0) is 24.3. The summed E-state index contributed by atoms with van der Waals surface area (Å²) in [7, 11) is 0. The molecule has 34 heavy (non-hydrogen) atoms. The number of nitrogens with one attached hydrogen (secondary N) is 1. The van der Waals surface area contributed by atoms with Gasteiger partial charge in [-0.1, -0.05) is 23.9 Å². The Labute approximate surface area is 198 Å². The molecule has 7 nitrogen and oxygen atoms in total. The number of hydrogen-bond donors (Lipinski definition) is 1. The summed E-state index contributed by atoms with van der Waals surface area (Å²) in [5, 5.41) is 11.4. The second-order valence-corrected chi connectivity index (χ2v) is 8.80. The Morgan fingerprint density at radius 1 is 1.12 bits per heavy atom. The summed E-state index contributed by atoms with van der Waals surface area (Å²) in [6.45, 7) is 5.06. The number of aromatic nitrogens is 3. The SMILES string of the molecule is CC(C)n1c(SCC(=O)Nc2ccccc2C(F)(F)F)nnc1-c1ccc2c(c1)OCCCO2. The number of hydrogen-bond acceptors (Lipinski definition) is 6. The Bertz CT molecular complexity index is 1180. The highest BCUT2D eigenvalue weighted by Crippen LogP contribution is 2.36. The quantitative estimate of drug-likeness (QED) is 0.462. The van der Waals surface area contributed by atoms with E-state index in [0.717, 1.165) is 29.8 Å². The summed E-state index contributed by atoms with van der Waals surface area (Å²) in [6, 6.07) is 10.4. The van der Waals surface area contributed by atoms with Crippen LogP contribution in [0.2, 0.25) is 0 Å². The molecule has 11 heteroatoms. The summed E-state index contributed by atoms with van der Waals surface area (Å²) in [5.74, 6) is 1.19. The number of carbonyl (C=O) groups excluding carboxylic acids is 1. The van der Waals surface area contributed by atoms with E-state index in [1.807, 2.05) is 36.6 Å². The third-order valence-corrected chi connectivity index (χ3v) is 5.97. The summed E-state index contributed by atoms with van der Waals surface area (Å²) in [5.41, 5.74) is -0.393.